The SMILES string of the molecule is CC[C@H](CO)NC(=S)Nc1cccc(OC)c1. The van der Waals surface area contributed by atoms with E-state index in [0.29, 0.717) is 5.11 Å². The molecular weight excluding hydrogens is 236 g/mol. The van der Waals surface area contributed by atoms with Crippen molar-refractivity contribution in [2.75, 3.05) is 19.0 Å². The van der Waals surface area contributed by atoms with E-state index in [1.54, 1.807) is 7.11 Å². The summed E-state index contributed by atoms with van der Waals surface area (Å²) in [5, 5.41) is 15.6. The van der Waals surface area contributed by atoms with Crippen molar-refractivity contribution in [1.82, 2.24) is 5.32 Å². The average Bonchev–Trinajstić information content (AvgIpc) is 2.36. The fraction of sp³-hybridized carbons (Fsp3) is 0.417. The van der Waals surface area contributed by atoms with Gasteiger partial charge >= 0.3 is 0 Å². The first-order valence-corrected chi connectivity index (χ1v) is 5.92. The van der Waals surface area contributed by atoms with E-state index < -0.39 is 0 Å². The number of aliphatic hydroxyl groups excluding tert-OH is 1. The number of rotatable bonds is 5. The highest BCUT2D eigenvalue weighted by atomic mass is 32.1. The van der Waals surface area contributed by atoms with Crippen molar-refractivity contribution in [3.05, 3.63) is 24.3 Å². The van der Waals surface area contributed by atoms with Crippen molar-refractivity contribution in [3.63, 3.8) is 0 Å². The molecule has 94 valence electrons. The summed E-state index contributed by atoms with van der Waals surface area (Å²) in [6.45, 7) is 2.05. The fourth-order valence-electron chi connectivity index (χ4n) is 1.33. The summed E-state index contributed by atoms with van der Waals surface area (Å²) in [4.78, 5) is 0. The van der Waals surface area contributed by atoms with E-state index >= 15 is 0 Å². The highest BCUT2D eigenvalue weighted by Crippen LogP contribution is 2.16. The Bertz CT molecular complexity index is 367. The number of nitrogens with one attached hydrogen (secondary N) is 2. The monoisotopic (exact) mass is 254 g/mol. The molecule has 1 aromatic carbocycles. The lowest BCUT2D eigenvalue weighted by Gasteiger charge is -2.17. The van der Waals surface area contributed by atoms with Crippen LogP contribution in [0.25, 0.3) is 0 Å². The van der Waals surface area contributed by atoms with Gasteiger partial charge in [0.15, 0.2) is 5.11 Å². The molecule has 0 aliphatic heterocycles. The zero-order valence-electron chi connectivity index (χ0n) is 10.1. The van der Waals surface area contributed by atoms with Gasteiger partial charge < -0.3 is 20.5 Å². The summed E-state index contributed by atoms with van der Waals surface area (Å²) in [7, 11) is 1.62. The summed E-state index contributed by atoms with van der Waals surface area (Å²) in [5.74, 6) is 0.770. The van der Waals surface area contributed by atoms with E-state index in [9.17, 15) is 0 Å². The van der Waals surface area contributed by atoms with E-state index in [4.69, 9.17) is 22.1 Å². The molecule has 0 fully saturated rings. The zero-order chi connectivity index (χ0) is 12.7. The number of thiocarbonyl (C=S) groups is 1. The normalized spacial score (nSPS) is 11.7. The van der Waals surface area contributed by atoms with Crippen LogP contribution in [-0.4, -0.2) is 30.0 Å². The summed E-state index contributed by atoms with van der Waals surface area (Å²) < 4.78 is 5.12. The maximum absolute atomic E-state index is 9.05. The maximum Gasteiger partial charge on any atom is 0.171 e. The lowest BCUT2D eigenvalue weighted by Crippen LogP contribution is -2.39. The molecule has 0 saturated carbocycles. The van der Waals surface area contributed by atoms with E-state index in [1.165, 1.54) is 0 Å². The van der Waals surface area contributed by atoms with Gasteiger partial charge in [0.25, 0.3) is 0 Å². The van der Waals surface area contributed by atoms with Gasteiger partial charge in [0.1, 0.15) is 5.75 Å². The molecule has 1 atom stereocenters. The topological polar surface area (TPSA) is 53.5 Å². The Hall–Kier alpha value is -1.33. The molecule has 1 rings (SSSR count). The van der Waals surface area contributed by atoms with Gasteiger partial charge in [-0.3, -0.25) is 0 Å². The summed E-state index contributed by atoms with van der Waals surface area (Å²) in [6.07, 6.45) is 0.816. The Morgan fingerprint density at radius 1 is 1.53 bits per heavy atom. The van der Waals surface area contributed by atoms with Crippen molar-refractivity contribution in [2.24, 2.45) is 0 Å². The number of methoxy groups -OCH3 is 1. The van der Waals surface area contributed by atoms with Gasteiger partial charge in [-0.05, 0) is 30.8 Å². The molecule has 0 saturated heterocycles. The second kappa shape index (κ2) is 7.09. The van der Waals surface area contributed by atoms with E-state index in [1.807, 2.05) is 31.2 Å². The van der Waals surface area contributed by atoms with Gasteiger partial charge in [0.05, 0.1) is 19.8 Å². The largest absolute Gasteiger partial charge is 0.497 e. The first-order valence-electron chi connectivity index (χ1n) is 5.52. The molecular formula is C12H18N2O2S. The minimum atomic E-state index is -0.0133. The van der Waals surface area contributed by atoms with Gasteiger partial charge in [-0.2, -0.15) is 0 Å². The van der Waals surface area contributed by atoms with Crippen LogP contribution in [0.4, 0.5) is 5.69 Å². The van der Waals surface area contributed by atoms with E-state index in [2.05, 4.69) is 10.6 Å². The Labute approximate surface area is 107 Å². The van der Waals surface area contributed by atoms with Crippen LogP contribution in [0, 0.1) is 0 Å². The second-order valence-electron chi connectivity index (χ2n) is 3.62. The van der Waals surface area contributed by atoms with Crippen molar-refractivity contribution in [3.8, 4) is 5.75 Å². The van der Waals surface area contributed by atoms with Crippen molar-refractivity contribution < 1.29 is 9.84 Å². The highest BCUT2D eigenvalue weighted by molar-refractivity contribution is 7.80. The third-order valence-corrected chi connectivity index (χ3v) is 2.60. The number of ether oxygens (including phenoxy) is 1. The van der Waals surface area contributed by atoms with Crippen LogP contribution in [0.3, 0.4) is 0 Å². The van der Waals surface area contributed by atoms with E-state index in [0.717, 1.165) is 17.9 Å². The maximum atomic E-state index is 9.05. The van der Waals surface area contributed by atoms with Crippen LogP contribution in [0.1, 0.15) is 13.3 Å². The smallest absolute Gasteiger partial charge is 0.171 e. The molecule has 0 radical (unpaired) electrons. The molecule has 0 unspecified atom stereocenters. The van der Waals surface area contributed by atoms with Crippen LogP contribution in [0.5, 0.6) is 5.75 Å². The van der Waals surface area contributed by atoms with Crippen molar-refractivity contribution in [1.29, 1.82) is 0 Å². The summed E-state index contributed by atoms with van der Waals surface area (Å²) >= 11 is 5.15. The van der Waals surface area contributed by atoms with Gasteiger partial charge in [0, 0.05) is 11.8 Å². The molecule has 0 bridgehead atoms. The van der Waals surface area contributed by atoms with Crippen LogP contribution in [-0.2, 0) is 0 Å². The third-order valence-electron chi connectivity index (χ3n) is 2.38. The molecule has 3 N–H and O–H groups in total. The predicted octanol–water partition coefficient (Wildman–Crippen LogP) is 1.75. The molecule has 0 aliphatic carbocycles. The number of hydrogen-bond acceptors (Lipinski definition) is 3. The molecule has 1 aromatic rings. The van der Waals surface area contributed by atoms with Crippen LogP contribution in [0.15, 0.2) is 24.3 Å². The molecule has 0 aliphatic rings. The first-order chi connectivity index (χ1) is 8.19. The number of aliphatic hydroxyl groups is 1. The van der Waals surface area contributed by atoms with Crippen LogP contribution >= 0.6 is 12.2 Å². The Balaban J connectivity index is 2.55. The Morgan fingerprint density at radius 3 is 2.88 bits per heavy atom. The second-order valence-corrected chi connectivity index (χ2v) is 4.03. The third kappa shape index (κ3) is 4.58. The van der Waals surface area contributed by atoms with E-state index in [-0.39, 0.29) is 12.6 Å². The number of benzene rings is 1. The van der Waals surface area contributed by atoms with Crippen LogP contribution in [0.2, 0.25) is 0 Å². The van der Waals surface area contributed by atoms with Gasteiger partial charge in [-0.1, -0.05) is 13.0 Å². The lowest BCUT2D eigenvalue weighted by atomic mass is 10.2. The standard InChI is InChI=1S/C12H18N2O2S/c1-3-9(8-15)13-12(17)14-10-5-4-6-11(7-10)16-2/h4-7,9,15H,3,8H2,1-2H3,(H2,13,14,17)/t9-/m1/s1. The average molecular weight is 254 g/mol. The Morgan fingerprint density at radius 2 is 2.29 bits per heavy atom. The van der Waals surface area contributed by atoms with Gasteiger partial charge in [-0.15, -0.1) is 0 Å². The lowest BCUT2D eigenvalue weighted by molar-refractivity contribution is 0.253. The quantitative estimate of drug-likeness (QED) is 0.699. The minimum Gasteiger partial charge on any atom is -0.497 e. The summed E-state index contributed by atoms with van der Waals surface area (Å²) in [5.41, 5.74) is 0.856. The molecule has 5 heteroatoms. The van der Waals surface area contributed by atoms with Gasteiger partial charge in [0.2, 0.25) is 0 Å². The minimum absolute atomic E-state index is 0.0133. The predicted molar refractivity (Wildman–Crippen MR) is 73.5 cm³/mol. The molecule has 0 spiro atoms. The fourth-order valence-corrected chi connectivity index (χ4v) is 1.61. The van der Waals surface area contributed by atoms with Crippen molar-refractivity contribution >= 4 is 23.0 Å². The molecule has 17 heavy (non-hydrogen) atoms. The first kappa shape index (κ1) is 13.7. The van der Waals surface area contributed by atoms with Crippen molar-refractivity contribution in [2.45, 2.75) is 19.4 Å². The highest BCUT2D eigenvalue weighted by Gasteiger charge is 2.06. The Kier molecular flexibility index (Phi) is 5.72. The zero-order valence-corrected chi connectivity index (χ0v) is 10.9. The molecule has 0 heterocycles. The molecule has 4 nitrogen and oxygen atoms in total. The van der Waals surface area contributed by atoms with Crippen LogP contribution < -0.4 is 15.4 Å². The molecule has 0 aromatic heterocycles. The van der Waals surface area contributed by atoms with Gasteiger partial charge in [-0.25, -0.2) is 0 Å². The number of anilines is 1. The number of hydrogen-bond donors (Lipinski definition) is 3. The molecule has 0 amide bonds. The summed E-state index contributed by atoms with van der Waals surface area (Å²) in [6, 6.07) is 7.49.